The Kier molecular flexibility index (Phi) is 8.61. The Morgan fingerprint density at radius 2 is 1.69 bits per heavy atom. The molecule has 0 radical (unpaired) electrons. The number of nitrogens with one attached hydrogen (secondary N) is 3. The smallest absolute Gasteiger partial charge is 0.236 e. The van der Waals surface area contributed by atoms with Gasteiger partial charge in [0, 0.05) is 89.7 Å². The summed E-state index contributed by atoms with van der Waals surface area (Å²) in [5, 5.41) is 10.1. The fourth-order valence-corrected chi connectivity index (χ4v) is 6.08. The molecule has 2 atom stereocenters. The molecule has 4 heterocycles. The molecule has 198 valence electrons. The Morgan fingerprint density at radius 3 is 2.50 bits per heavy atom. The van der Waals surface area contributed by atoms with Crippen LogP contribution >= 0.6 is 0 Å². The van der Waals surface area contributed by atoms with Crippen molar-refractivity contribution in [3.05, 3.63) is 23.8 Å². The maximum absolute atomic E-state index is 13.1. The molecule has 0 spiro atoms. The van der Waals surface area contributed by atoms with Gasteiger partial charge in [-0.1, -0.05) is 0 Å². The van der Waals surface area contributed by atoms with Crippen molar-refractivity contribution >= 4 is 17.5 Å². The van der Waals surface area contributed by atoms with E-state index in [1.165, 1.54) is 5.69 Å². The molecule has 0 unspecified atom stereocenters. The van der Waals surface area contributed by atoms with E-state index in [9.17, 15) is 9.59 Å². The van der Waals surface area contributed by atoms with Crippen molar-refractivity contribution in [1.82, 2.24) is 25.8 Å². The second-order valence-corrected chi connectivity index (χ2v) is 10.6. The van der Waals surface area contributed by atoms with Crippen LogP contribution in [0.1, 0.15) is 31.2 Å². The van der Waals surface area contributed by atoms with Crippen molar-refractivity contribution in [2.24, 2.45) is 11.8 Å². The van der Waals surface area contributed by atoms with E-state index in [-0.39, 0.29) is 11.8 Å². The number of hydrogen-bond acceptors (Lipinski definition) is 7. The molecule has 3 fully saturated rings. The van der Waals surface area contributed by atoms with Crippen molar-refractivity contribution in [3.63, 3.8) is 0 Å². The van der Waals surface area contributed by atoms with E-state index >= 15 is 0 Å². The number of hydrogen-bond donors (Lipinski definition) is 3. The van der Waals surface area contributed by atoms with Crippen LogP contribution in [0.15, 0.2) is 18.2 Å². The van der Waals surface area contributed by atoms with Crippen LogP contribution in [0, 0.1) is 11.8 Å². The summed E-state index contributed by atoms with van der Waals surface area (Å²) in [6.07, 6.45) is 3.41. The van der Waals surface area contributed by atoms with Crippen LogP contribution in [0.5, 0.6) is 5.75 Å². The van der Waals surface area contributed by atoms with Crippen molar-refractivity contribution in [2.75, 3.05) is 83.5 Å². The molecule has 2 bridgehead atoms. The number of piperidine rings is 1. The fourth-order valence-electron chi connectivity index (χ4n) is 6.08. The molecule has 0 aliphatic carbocycles. The Bertz CT molecular complexity index is 899. The number of amides is 2. The minimum Gasteiger partial charge on any atom is -0.493 e. The van der Waals surface area contributed by atoms with Gasteiger partial charge in [0.2, 0.25) is 11.8 Å². The minimum atomic E-state index is 0.159. The van der Waals surface area contributed by atoms with Gasteiger partial charge in [0.15, 0.2) is 0 Å². The van der Waals surface area contributed by atoms with Crippen LogP contribution in [-0.4, -0.2) is 100 Å². The highest BCUT2D eigenvalue weighted by Gasteiger charge is 2.33. The van der Waals surface area contributed by atoms with Crippen LogP contribution in [0.2, 0.25) is 0 Å². The van der Waals surface area contributed by atoms with Crippen molar-refractivity contribution in [2.45, 2.75) is 32.2 Å². The number of carbonyl (C=O) groups is 2. The van der Waals surface area contributed by atoms with E-state index in [0.29, 0.717) is 38.0 Å². The van der Waals surface area contributed by atoms with Gasteiger partial charge in [0.1, 0.15) is 5.75 Å². The molecule has 9 heteroatoms. The topological polar surface area (TPSA) is 89.2 Å². The summed E-state index contributed by atoms with van der Waals surface area (Å²) in [6, 6.07) is 6.46. The average molecular weight is 499 g/mol. The second-order valence-electron chi connectivity index (χ2n) is 10.6. The molecular weight excluding hydrogens is 456 g/mol. The Morgan fingerprint density at radius 1 is 0.917 bits per heavy atom. The Balaban J connectivity index is 1.24. The fraction of sp³-hybridized carbons (Fsp3) is 0.704. The van der Waals surface area contributed by atoms with E-state index in [4.69, 9.17) is 4.74 Å². The number of piperazine rings is 2. The molecule has 4 aliphatic heterocycles. The van der Waals surface area contributed by atoms with Crippen LogP contribution in [0.3, 0.4) is 0 Å². The van der Waals surface area contributed by atoms with E-state index in [0.717, 1.165) is 96.0 Å². The highest BCUT2D eigenvalue weighted by Crippen LogP contribution is 2.32. The summed E-state index contributed by atoms with van der Waals surface area (Å²) < 4.78 is 6.27. The first-order valence-corrected chi connectivity index (χ1v) is 13.9. The third-order valence-electron chi connectivity index (χ3n) is 8.25. The lowest BCUT2D eigenvalue weighted by atomic mass is 9.80. The summed E-state index contributed by atoms with van der Waals surface area (Å²) in [5.74, 6) is 2.02. The predicted octanol–water partition coefficient (Wildman–Crippen LogP) is 0.645. The lowest BCUT2D eigenvalue weighted by molar-refractivity contribution is -0.135. The van der Waals surface area contributed by atoms with Crippen molar-refractivity contribution < 1.29 is 14.3 Å². The highest BCUT2D eigenvalue weighted by atomic mass is 16.5. The van der Waals surface area contributed by atoms with Gasteiger partial charge in [-0.05, 0) is 49.3 Å². The Labute approximate surface area is 214 Å². The summed E-state index contributed by atoms with van der Waals surface area (Å²) in [5.41, 5.74) is 2.32. The summed E-state index contributed by atoms with van der Waals surface area (Å²) in [4.78, 5) is 32.5. The maximum Gasteiger partial charge on any atom is 0.236 e. The number of fused-ring (bicyclic) bond motifs is 3. The number of carbonyl (C=O) groups excluding carboxylic acids is 2. The van der Waals surface area contributed by atoms with Gasteiger partial charge in [0.25, 0.3) is 0 Å². The van der Waals surface area contributed by atoms with Crippen molar-refractivity contribution in [1.29, 1.82) is 0 Å². The van der Waals surface area contributed by atoms with Crippen LogP contribution in [-0.2, 0) is 16.1 Å². The zero-order valence-corrected chi connectivity index (χ0v) is 21.5. The number of benzene rings is 1. The van der Waals surface area contributed by atoms with E-state index in [1.807, 2.05) is 9.80 Å². The molecular formula is C27H42N6O3. The first-order chi connectivity index (χ1) is 17.7. The molecule has 9 nitrogen and oxygen atoms in total. The lowest BCUT2D eigenvalue weighted by Crippen LogP contribution is -2.49. The molecule has 3 saturated heterocycles. The average Bonchev–Trinajstić information content (AvgIpc) is 2.93. The number of nitrogens with zero attached hydrogens (tertiary/aromatic N) is 3. The second kappa shape index (κ2) is 12.3. The molecule has 3 N–H and O–H groups in total. The molecule has 0 saturated carbocycles. The first kappa shape index (κ1) is 25.3. The minimum absolute atomic E-state index is 0.159. The van der Waals surface area contributed by atoms with E-state index < -0.39 is 0 Å². The van der Waals surface area contributed by atoms with Gasteiger partial charge in [-0.2, -0.15) is 0 Å². The SMILES string of the molecule is O=C(C[C@@H]1CCN2C[C@@H]1CCCOc1ccc(N3CCNCC3)cc1CNCC2=O)N1CCNCC1. The largest absolute Gasteiger partial charge is 0.493 e. The van der Waals surface area contributed by atoms with E-state index in [1.54, 1.807) is 0 Å². The normalized spacial score (nSPS) is 26.2. The highest BCUT2D eigenvalue weighted by molar-refractivity contribution is 5.79. The zero-order chi connectivity index (χ0) is 24.7. The molecule has 1 aromatic rings. The third-order valence-corrected chi connectivity index (χ3v) is 8.25. The lowest BCUT2D eigenvalue weighted by Gasteiger charge is -2.39. The number of ether oxygens (including phenoxy) is 1. The van der Waals surface area contributed by atoms with Gasteiger partial charge in [-0.15, -0.1) is 0 Å². The van der Waals surface area contributed by atoms with Gasteiger partial charge in [0.05, 0.1) is 13.2 Å². The van der Waals surface area contributed by atoms with Crippen molar-refractivity contribution in [3.8, 4) is 5.75 Å². The quantitative estimate of drug-likeness (QED) is 0.564. The summed E-state index contributed by atoms with van der Waals surface area (Å²) >= 11 is 0. The van der Waals surface area contributed by atoms with Gasteiger partial charge < -0.3 is 35.4 Å². The maximum atomic E-state index is 13.1. The molecule has 1 aromatic carbocycles. The van der Waals surface area contributed by atoms with Gasteiger partial charge in [-0.25, -0.2) is 0 Å². The number of anilines is 1. The van der Waals surface area contributed by atoms with Gasteiger partial charge in [-0.3, -0.25) is 9.59 Å². The standard InChI is InChI=1S/C27H42N6O3/c34-26(32-13-8-29-9-14-32)17-21-5-10-33-20-22(21)2-1-15-36-25-4-3-24(31-11-6-28-7-12-31)16-23(25)18-30-19-27(33)35/h3-4,16,21-22,28-30H,1-2,5-15,17-20H2/t21-,22-/m0/s1. The predicted molar refractivity (Wildman–Crippen MR) is 140 cm³/mol. The summed E-state index contributed by atoms with van der Waals surface area (Å²) in [6.45, 7) is 10.5. The zero-order valence-electron chi connectivity index (χ0n) is 21.5. The monoisotopic (exact) mass is 498 g/mol. The molecule has 0 aromatic heterocycles. The first-order valence-electron chi connectivity index (χ1n) is 13.9. The molecule has 2 amide bonds. The van der Waals surface area contributed by atoms with Gasteiger partial charge >= 0.3 is 0 Å². The summed E-state index contributed by atoms with van der Waals surface area (Å²) in [7, 11) is 0. The third kappa shape index (κ3) is 6.30. The molecule has 5 rings (SSSR count). The molecule has 4 aliphatic rings. The van der Waals surface area contributed by atoms with Crippen LogP contribution in [0.25, 0.3) is 0 Å². The van der Waals surface area contributed by atoms with Crippen LogP contribution in [0.4, 0.5) is 5.69 Å². The molecule has 36 heavy (non-hydrogen) atoms. The van der Waals surface area contributed by atoms with Crippen LogP contribution < -0.4 is 25.6 Å². The Hall–Kier alpha value is -2.36. The number of rotatable bonds is 3. The van der Waals surface area contributed by atoms with E-state index in [2.05, 4.69) is 39.0 Å².